The van der Waals surface area contributed by atoms with Crippen LogP contribution in [0.2, 0.25) is 0 Å². The Labute approximate surface area is 122 Å². The van der Waals surface area contributed by atoms with E-state index >= 15 is 0 Å². The molecule has 104 valence electrons. The van der Waals surface area contributed by atoms with Crippen LogP contribution in [0.5, 0.6) is 0 Å². The normalized spacial score (nSPS) is 11.1. The molecule has 0 saturated carbocycles. The van der Waals surface area contributed by atoms with E-state index in [2.05, 4.69) is 9.71 Å². The highest BCUT2D eigenvalue weighted by Crippen LogP contribution is 2.20. The minimum absolute atomic E-state index is 0.0312. The maximum absolute atomic E-state index is 12.4. The van der Waals surface area contributed by atoms with E-state index in [0.717, 1.165) is 5.56 Å². The summed E-state index contributed by atoms with van der Waals surface area (Å²) in [5.41, 5.74) is 6.59. The van der Waals surface area contributed by atoms with E-state index in [9.17, 15) is 8.42 Å². The van der Waals surface area contributed by atoms with Crippen LogP contribution in [-0.2, 0) is 10.0 Å². The van der Waals surface area contributed by atoms with Crippen LogP contribution in [0.4, 0.5) is 5.82 Å². The first-order valence-corrected chi connectivity index (χ1v) is 7.64. The summed E-state index contributed by atoms with van der Waals surface area (Å²) in [4.78, 5) is 4.08. The lowest BCUT2D eigenvalue weighted by Gasteiger charge is -2.12. The lowest BCUT2D eigenvalue weighted by molar-refractivity contribution is 0.601. The van der Waals surface area contributed by atoms with Crippen molar-refractivity contribution in [3.05, 3.63) is 53.7 Å². The first-order valence-electron chi connectivity index (χ1n) is 5.75. The number of benzene rings is 1. The Morgan fingerprint density at radius 1 is 1.25 bits per heavy atom. The molecule has 0 aliphatic rings. The molecule has 0 bridgehead atoms. The van der Waals surface area contributed by atoms with E-state index in [1.165, 1.54) is 12.3 Å². The van der Waals surface area contributed by atoms with Gasteiger partial charge in [0.15, 0.2) is 0 Å². The molecule has 0 aliphatic heterocycles. The molecule has 0 radical (unpaired) electrons. The molecule has 0 amide bonds. The summed E-state index contributed by atoms with van der Waals surface area (Å²) in [6.45, 7) is 1.77. The van der Waals surface area contributed by atoms with Gasteiger partial charge in [-0.25, -0.2) is 13.4 Å². The summed E-state index contributed by atoms with van der Waals surface area (Å²) >= 11 is 4.88. The van der Waals surface area contributed by atoms with E-state index in [4.69, 9.17) is 18.0 Å². The molecule has 2 aromatic rings. The van der Waals surface area contributed by atoms with Gasteiger partial charge in [-0.3, -0.25) is 4.72 Å². The van der Waals surface area contributed by atoms with Crippen molar-refractivity contribution in [2.75, 3.05) is 4.72 Å². The number of anilines is 1. The number of nitrogens with zero attached hydrogens (tertiary/aromatic N) is 1. The fourth-order valence-electron chi connectivity index (χ4n) is 1.68. The first-order chi connectivity index (χ1) is 9.42. The lowest BCUT2D eigenvalue weighted by atomic mass is 10.2. The van der Waals surface area contributed by atoms with E-state index in [0.29, 0.717) is 5.56 Å². The van der Waals surface area contributed by atoms with Crippen molar-refractivity contribution < 1.29 is 8.42 Å². The number of hydrogen-bond donors (Lipinski definition) is 2. The summed E-state index contributed by atoms with van der Waals surface area (Å²) in [5.74, 6) is 0.283. The van der Waals surface area contributed by atoms with Crippen molar-refractivity contribution in [1.29, 1.82) is 0 Å². The number of aryl methyl sites for hydroxylation is 1. The molecule has 7 heteroatoms. The van der Waals surface area contributed by atoms with Gasteiger partial charge in [0.2, 0.25) is 0 Å². The minimum atomic E-state index is -3.79. The number of rotatable bonds is 4. The zero-order valence-corrected chi connectivity index (χ0v) is 12.3. The molecule has 0 aliphatic carbocycles. The summed E-state index contributed by atoms with van der Waals surface area (Å²) in [6, 6.07) is 9.82. The van der Waals surface area contributed by atoms with Crippen LogP contribution in [0.1, 0.15) is 11.1 Å². The smallest absolute Gasteiger partial charge is 0.263 e. The predicted octanol–water partition coefficient (Wildman–Crippen LogP) is 1.83. The van der Waals surface area contributed by atoms with Crippen LogP contribution >= 0.6 is 12.2 Å². The molecular formula is C13H13N3O2S2. The second-order valence-corrected chi connectivity index (χ2v) is 6.23. The van der Waals surface area contributed by atoms with Crippen LogP contribution in [0.25, 0.3) is 0 Å². The van der Waals surface area contributed by atoms with E-state index in [1.54, 1.807) is 37.3 Å². The maximum Gasteiger partial charge on any atom is 0.263 e. The number of sulfonamides is 1. The van der Waals surface area contributed by atoms with Crippen molar-refractivity contribution >= 4 is 33.0 Å². The average Bonchev–Trinajstić information content (AvgIpc) is 2.41. The molecule has 2 rings (SSSR count). The van der Waals surface area contributed by atoms with Crippen LogP contribution in [0, 0.1) is 6.92 Å². The van der Waals surface area contributed by atoms with Gasteiger partial charge in [0.1, 0.15) is 10.8 Å². The fraction of sp³-hybridized carbons (Fsp3) is 0.0769. The third-order valence-corrected chi connectivity index (χ3v) is 4.30. The van der Waals surface area contributed by atoms with Crippen molar-refractivity contribution in [3.63, 3.8) is 0 Å². The lowest BCUT2D eigenvalue weighted by Crippen LogP contribution is -2.20. The zero-order valence-electron chi connectivity index (χ0n) is 10.7. The largest absolute Gasteiger partial charge is 0.389 e. The molecule has 0 fully saturated rings. The first kappa shape index (κ1) is 14.4. The topological polar surface area (TPSA) is 85.1 Å². The van der Waals surface area contributed by atoms with E-state index in [1.807, 2.05) is 0 Å². The van der Waals surface area contributed by atoms with Crippen molar-refractivity contribution in [2.45, 2.75) is 11.8 Å². The second kappa shape index (κ2) is 5.56. The van der Waals surface area contributed by atoms with Crippen LogP contribution in [-0.4, -0.2) is 18.4 Å². The number of pyridine rings is 1. The van der Waals surface area contributed by atoms with Crippen LogP contribution in [0.15, 0.2) is 47.5 Å². The van der Waals surface area contributed by atoms with Crippen molar-refractivity contribution in [2.24, 2.45) is 5.73 Å². The third-order valence-electron chi connectivity index (χ3n) is 2.68. The monoisotopic (exact) mass is 307 g/mol. The van der Waals surface area contributed by atoms with Gasteiger partial charge >= 0.3 is 0 Å². The summed E-state index contributed by atoms with van der Waals surface area (Å²) in [6.07, 6.45) is 1.52. The molecule has 0 spiro atoms. The SMILES string of the molecule is Cc1cccnc1NS(=O)(=O)c1ccccc1C(N)=S. The van der Waals surface area contributed by atoms with Crippen LogP contribution < -0.4 is 10.5 Å². The van der Waals surface area contributed by atoms with E-state index < -0.39 is 10.0 Å². The molecule has 0 atom stereocenters. The third kappa shape index (κ3) is 2.94. The Morgan fingerprint density at radius 2 is 1.95 bits per heavy atom. The van der Waals surface area contributed by atoms with Crippen molar-refractivity contribution in [1.82, 2.24) is 4.98 Å². The summed E-state index contributed by atoms with van der Waals surface area (Å²) in [5, 5.41) is 0. The number of aromatic nitrogens is 1. The van der Waals surface area contributed by atoms with Gasteiger partial charge in [0, 0.05) is 11.8 Å². The van der Waals surface area contributed by atoms with Crippen LogP contribution in [0.3, 0.4) is 0 Å². The number of hydrogen-bond acceptors (Lipinski definition) is 4. The van der Waals surface area contributed by atoms with E-state index in [-0.39, 0.29) is 15.7 Å². The Balaban J connectivity index is 2.47. The molecule has 1 aromatic heterocycles. The van der Waals surface area contributed by atoms with Crippen molar-refractivity contribution in [3.8, 4) is 0 Å². The predicted molar refractivity (Wildman–Crippen MR) is 82.1 cm³/mol. The highest BCUT2D eigenvalue weighted by atomic mass is 32.2. The Bertz CT molecular complexity index is 758. The standard InChI is InChI=1S/C13H13N3O2S2/c1-9-5-4-8-15-13(9)16-20(17,18)11-7-3-2-6-10(11)12(14)19/h2-8H,1H3,(H2,14,19)(H,15,16). The number of thiocarbonyl (C=S) groups is 1. The fourth-order valence-corrected chi connectivity index (χ4v) is 3.23. The van der Waals surface area contributed by atoms with Gasteiger partial charge in [-0.05, 0) is 24.6 Å². The summed E-state index contributed by atoms with van der Waals surface area (Å²) in [7, 11) is -3.79. The molecule has 0 saturated heterocycles. The molecule has 1 heterocycles. The summed E-state index contributed by atoms with van der Waals surface area (Å²) < 4.78 is 27.3. The molecule has 0 unspecified atom stereocenters. The van der Waals surface area contributed by atoms with Gasteiger partial charge in [-0.1, -0.05) is 36.5 Å². The van der Waals surface area contributed by atoms with Gasteiger partial charge < -0.3 is 5.73 Å². The van der Waals surface area contributed by atoms with Gasteiger partial charge in [-0.15, -0.1) is 0 Å². The number of nitrogens with one attached hydrogen (secondary N) is 1. The molecule has 5 nitrogen and oxygen atoms in total. The molecule has 1 aromatic carbocycles. The Kier molecular flexibility index (Phi) is 4.01. The highest BCUT2D eigenvalue weighted by Gasteiger charge is 2.20. The van der Waals surface area contributed by atoms with Gasteiger partial charge in [0.05, 0.1) is 4.90 Å². The molecule has 20 heavy (non-hydrogen) atoms. The zero-order chi connectivity index (χ0) is 14.8. The highest BCUT2D eigenvalue weighted by molar-refractivity contribution is 7.93. The quantitative estimate of drug-likeness (QED) is 0.842. The minimum Gasteiger partial charge on any atom is -0.389 e. The molecule has 3 N–H and O–H groups in total. The Morgan fingerprint density at radius 3 is 2.60 bits per heavy atom. The van der Waals surface area contributed by atoms with Gasteiger partial charge in [-0.2, -0.15) is 0 Å². The average molecular weight is 307 g/mol. The Hall–Kier alpha value is -1.99. The number of nitrogens with two attached hydrogens (primary N) is 1. The second-order valence-electron chi connectivity index (χ2n) is 4.13. The van der Waals surface area contributed by atoms with Gasteiger partial charge in [0.25, 0.3) is 10.0 Å². The maximum atomic E-state index is 12.4. The molecular weight excluding hydrogens is 294 g/mol.